The van der Waals surface area contributed by atoms with Crippen molar-refractivity contribution in [2.75, 3.05) is 0 Å². The molecule has 0 aliphatic heterocycles. The molecule has 4 heteroatoms. The molecule has 0 radical (unpaired) electrons. The zero-order valence-corrected chi connectivity index (χ0v) is 10.2. The quantitative estimate of drug-likeness (QED) is 0.883. The van der Waals surface area contributed by atoms with Crippen molar-refractivity contribution in [1.29, 1.82) is 0 Å². The molecular weight excluding hydrogens is 245 g/mol. The van der Waals surface area contributed by atoms with Gasteiger partial charge in [-0.25, -0.2) is 0 Å². The van der Waals surface area contributed by atoms with Crippen LogP contribution in [0.5, 0.6) is 0 Å². The van der Waals surface area contributed by atoms with Gasteiger partial charge >= 0.3 is 0 Å². The number of hydrogen-bond donors (Lipinski definition) is 1. The van der Waals surface area contributed by atoms with Crippen LogP contribution in [0.25, 0.3) is 0 Å². The number of aryl methyl sites for hydroxylation is 1. The molecule has 0 saturated heterocycles. The van der Waals surface area contributed by atoms with Crippen LogP contribution < -0.4 is 5.73 Å². The summed E-state index contributed by atoms with van der Waals surface area (Å²) in [5, 5.41) is 1.02. The normalized spacial score (nSPS) is 12.8. The summed E-state index contributed by atoms with van der Waals surface area (Å²) in [7, 11) is 0. The van der Waals surface area contributed by atoms with Gasteiger partial charge in [0.2, 0.25) is 0 Å². The summed E-state index contributed by atoms with van der Waals surface area (Å²) in [6.45, 7) is 1.88. The van der Waals surface area contributed by atoms with Crippen LogP contribution in [0, 0.1) is 6.92 Å². The maximum atomic E-state index is 6.05. The average Bonchev–Trinajstić information content (AvgIpc) is 2.68. The van der Waals surface area contributed by atoms with Crippen molar-refractivity contribution >= 4 is 23.2 Å². The first-order valence-corrected chi connectivity index (χ1v) is 5.60. The summed E-state index contributed by atoms with van der Waals surface area (Å²) in [5.74, 6) is 1.56. The van der Waals surface area contributed by atoms with Gasteiger partial charge in [0.1, 0.15) is 11.5 Å². The van der Waals surface area contributed by atoms with E-state index < -0.39 is 0 Å². The monoisotopic (exact) mass is 255 g/mol. The smallest absolute Gasteiger partial charge is 0.125 e. The summed E-state index contributed by atoms with van der Waals surface area (Å²) >= 11 is 11.8. The van der Waals surface area contributed by atoms with Gasteiger partial charge in [0, 0.05) is 0 Å². The zero-order chi connectivity index (χ0) is 11.7. The third kappa shape index (κ3) is 2.24. The van der Waals surface area contributed by atoms with Crippen molar-refractivity contribution < 1.29 is 4.42 Å². The standard InChI is InChI=1S/C12H11Cl2NO/c1-7-2-5-11(16-7)12(15)8-3-4-9(13)10(14)6-8/h2-6,12H,15H2,1H3. The van der Waals surface area contributed by atoms with Gasteiger partial charge in [0.25, 0.3) is 0 Å². The van der Waals surface area contributed by atoms with Gasteiger partial charge in [-0.2, -0.15) is 0 Å². The fourth-order valence-electron chi connectivity index (χ4n) is 1.49. The van der Waals surface area contributed by atoms with Crippen LogP contribution in [0.4, 0.5) is 0 Å². The van der Waals surface area contributed by atoms with Crippen LogP contribution >= 0.6 is 23.2 Å². The minimum atomic E-state index is -0.316. The molecule has 2 N–H and O–H groups in total. The minimum absolute atomic E-state index is 0.316. The SMILES string of the molecule is Cc1ccc(C(N)c2ccc(Cl)c(Cl)c2)o1. The van der Waals surface area contributed by atoms with Crippen molar-refractivity contribution in [2.24, 2.45) is 5.73 Å². The average molecular weight is 256 g/mol. The summed E-state index contributed by atoms with van der Waals surface area (Å²) in [6.07, 6.45) is 0. The maximum Gasteiger partial charge on any atom is 0.125 e. The molecule has 16 heavy (non-hydrogen) atoms. The Hall–Kier alpha value is -0.960. The molecule has 1 unspecified atom stereocenters. The lowest BCUT2D eigenvalue weighted by molar-refractivity contribution is 0.466. The molecule has 0 aliphatic carbocycles. The van der Waals surface area contributed by atoms with Crippen molar-refractivity contribution in [1.82, 2.24) is 0 Å². The number of halogens is 2. The molecule has 0 aliphatic rings. The van der Waals surface area contributed by atoms with Gasteiger partial charge in [0.15, 0.2) is 0 Å². The molecule has 0 fully saturated rings. The summed E-state index contributed by atoms with van der Waals surface area (Å²) < 4.78 is 5.47. The van der Waals surface area contributed by atoms with Gasteiger partial charge < -0.3 is 10.2 Å². The predicted octanol–water partition coefficient (Wildman–Crippen LogP) is 3.94. The van der Waals surface area contributed by atoms with Crippen LogP contribution in [0.2, 0.25) is 10.0 Å². The molecule has 0 bridgehead atoms. The van der Waals surface area contributed by atoms with Gasteiger partial charge in [-0.3, -0.25) is 0 Å². The Labute approximate surface area is 104 Å². The Bertz CT molecular complexity index is 507. The van der Waals surface area contributed by atoms with E-state index in [9.17, 15) is 0 Å². The first kappa shape index (κ1) is 11.5. The molecule has 2 rings (SSSR count). The highest BCUT2D eigenvalue weighted by molar-refractivity contribution is 6.42. The lowest BCUT2D eigenvalue weighted by Crippen LogP contribution is -2.10. The van der Waals surface area contributed by atoms with Crippen LogP contribution in [0.3, 0.4) is 0 Å². The first-order valence-electron chi connectivity index (χ1n) is 4.85. The Morgan fingerprint density at radius 3 is 2.44 bits per heavy atom. The highest BCUT2D eigenvalue weighted by atomic mass is 35.5. The third-order valence-corrected chi connectivity index (χ3v) is 3.11. The fourth-order valence-corrected chi connectivity index (χ4v) is 1.80. The van der Waals surface area contributed by atoms with Gasteiger partial charge in [-0.05, 0) is 36.8 Å². The summed E-state index contributed by atoms with van der Waals surface area (Å²) in [6, 6.07) is 8.76. The van der Waals surface area contributed by atoms with Crippen LogP contribution in [-0.2, 0) is 0 Å². The number of nitrogens with two attached hydrogens (primary N) is 1. The molecule has 0 saturated carbocycles. The van der Waals surface area contributed by atoms with E-state index >= 15 is 0 Å². The predicted molar refractivity (Wildman–Crippen MR) is 65.9 cm³/mol. The lowest BCUT2D eigenvalue weighted by Gasteiger charge is -2.10. The molecular formula is C12H11Cl2NO. The van der Waals surface area contributed by atoms with E-state index in [0.717, 1.165) is 17.1 Å². The van der Waals surface area contributed by atoms with Gasteiger partial charge in [-0.15, -0.1) is 0 Å². The van der Waals surface area contributed by atoms with Crippen LogP contribution in [0.15, 0.2) is 34.7 Å². The largest absolute Gasteiger partial charge is 0.464 e. The number of rotatable bonds is 2. The molecule has 2 aromatic rings. The van der Waals surface area contributed by atoms with Crippen molar-refractivity contribution in [2.45, 2.75) is 13.0 Å². The van der Waals surface area contributed by atoms with E-state index in [-0.39, 0.29) is 6.04 Å². The molecule has 2 nitrogen and oxygen atoms in total. The maximum absolute atomic E-state index is 6.05. The van der Waals surface area contributed by atoms with Gasteiger partial charge in [0.05, 0.1) is 16.1 Å². The van der Waals surface area contributed by atoms with E-state index in [2.05, 4.69) is 0 Å². The molecule has 1 atom stereocenters. The highest BCUT2D eigenvalue weighted by Crippen LogP contribution is 2.28. The fraction of sp³-hybridized carbons (Fsp3) is 0.167. The molecule has 1 heterocycles. The molecule has 0 spiro atoms. The Kier molecular flexibility index (Phi) is 3.24. The number of benzene rings is 1. The van der Waals surface area contributed by atoms with E-state index in [1.54, 1.807) is 12.1 Å². The Morgan fingerprint density at radius 1 is 1.12 bits per heavy atom. The molecule has 84 valence electrons. The van der Waals surface area contributed by atoms with Crippen molar-refractivity contribution in [3.05, 3.63) is 57.5 Å². The molecule has 1 aromatic carbocycles. The van der Waals surface area contributed by atoms with Crippen LogP contribution in [-0.4, -0.2) is 0 Å². The zero-order valence-electron chi connectivity index (χ0n) is 8.71. The van der Waals surface area contributed by atoms with E-state index in [1.807, 2.05) is 25.1 Å². The second kappa shape index (κ2) is 4.50. The lowest BCUT2D eigenvalue weighted by atomic mass is 10.1. The summed E-state index contributed by atoms with van der Waals surface area (Å²) in [4.78, 5) is 0. The Balaban J connectivity index is 2.33. The first-order chi connectivity index (χ1) is 7.58. The summed E-state index contributed by atoms with van der Waals surface area (Å²) in [5.41, 5.74) is 6.93. The number of hydrogen-bond acceptors (Lipinski definition) is 2. The topological polar surface area (TPSA) is 39.2 Å². The second-order valence-corrected chi connectivity index (χ2v) is 4.41. The van der Waals surface area contributed by atoms with Gasteiger partial charge in [-0.1, -0.05) is 29.3 Å². The van der Waals surface area contributed by atoms with Crippen LogP contribution in [0.1, 0.15) is 23.1 Å². The Morgan fingerprint density at radius 2 is 1.88 bits per heavy atom. The van der Waals surface area contributed by atoms with E-state index in [4.69, 9.17) is 33.4 Å². The minimum Gasteiger partial charge on any atom is -0.464 e. The van der Waals surface area contributed by atoms with E-state index in [0.29, 0.717) is 10.0 Å². The molecule has 1 aromatic heterocycles. The highest BCUT2D eigenvalue weighted by Gasteiger charge is 2.13. The van der Waals surface area contributed by atoms with Crippen molar-refractivity contribution in [3.63, 3.8) is 0 Å². The van der Waals surface area contributed by atoms with E-state index in [1.165, 1.54) is 0 Å². The van der Waals surface area contributed by atoms with Crippen molar-refractivity contribution in [3.8, 4) is 0 Å². The second-order valence-electron chi connectivity index (χ2n) is 3.60. The third-order valence-electron chi connectivity index (χ3n) is 2.37. The molecule has 0 amide bonds. The number of furan rings is 1.